The number of aromatic amines is 1. The van der Waals surface area contributed by atoms with Gasteiger partial charge < -0.3 is 80.9 Å². The van der Waals surface area contributed by atoms with Crippen molar-refractivity contribution in [3.8, 4) is 0 Å². The Morgan fingerprint density at radius 2 is 1.43 bits per heavy atom. The van der Waals surface area contributed by atoms with Crippen molar-refractivity contribution in [1.29, 1.82) is 0 Å². The van der Waals surface area contributed by atoms with Crippen LogP contribution < -0.4 is 65.9 Å². The number of para-hydroxylation sites is 1. The topological polar surface area (TPSA) is 415 Å². The molecule has 1 aromatic heterocycles. The molecule has 2 fully saturated rings. The molecule has 0 unspecified atom stereocenters. The number of aliphatic imine (C=N–C) groups is 2. The Morgan fingerprint density at radius 3 is 2.12 bits per heavy atom. The van der Waals surface area contributed by atoms with Crippen molar-refractivity contribution in [1.82, 2.24) is 47.1 Å². The minimum Gasteiger partial charge on any atom is -0.401 e. The zero-order chi connectivity index (χ0) is 55.5. The van der Waals surface area contributed by atoms with Gasteiger partial charge >= 0.3 is 0 Å². The highest BCUT2D eigenvalue weighted by Gasteiger charge is 2.43. The summed E-state index contributed by atoms with van der Waals surface area (Å²) >= 11 is 6.59. The lowest BCUT2D eigenvalue weighted by Crippen LogP contribution is -2.60. The quantitative estimate of drug-likeness (QED) is 0.0410. The molecule has 8 amide bonds. The fourth-order valence-electron chi connectivity index (χ4n) is 8.98. The number of hydrogen-bond donors (Lipinski definition) is 14. The normalized spacial score (nSPS) is 22.8. The van der Waals surface area contributed by atoms with Gasteiger partial charge in [0.2, 0.25) is 47.3 Å². The van der Waals surface area contributed by atoms with Crippen LogP contribution in [0, 0.1) is 0 Å². The number of benzene rings is 2. The van der Waals surface area contributed by atoms with Crippen LogP contribution in [0.1, 0.15) is 75.8 Å². The number of halogens is 1. The van der Waals surface area contributed by atoms with Gasteiger partial charge in [-0.15, -0.1) is 0 Å². The average Bonchev–Trinajstić information content (AvgIpc) is 3.97. The number of rotatable bonds is 16. The third kappa shape index (κ3) is 17.9. The third-order valence-electron chi connectivity index (χ3n) is 12.9. The summed E-state index contributed by atoms with van der Waals surface area (Å²) < 4.78 is 0. The number of guanidine groups is 2. The van der Waals surface area contributed by atoms with Crippen LogP contribution >= 0.6 is 11.6 Å². The molecule has 2 aliphatic rings. The molecule has 76 heavy (non-hydrogen) atoms. The number of carbonyl (C=O) groups excluding carboxylic acids is 8. The Morgan fingerprint density at radius 1 is 0.816 bits per heavy atom. The molecule has 412 valence electrons. The van der Waals surface area contributed by atoms with Crippen molar-refractivity contribution in [2.24, 2.45) is 38.7 Å². The summed E-state index contributed by atoms with van der Waals surface area (Å²) in [5.74, 6) is -6.23. The van der Waals surface area contributed by atoms with Gasteiger partial charge in [0.15, 0.2) is 11.9 Å². The van der Waals surface area contributed by atoms with Crippen LogP contribution in [-0.4, -0.2) is 149 Å². The maximum absolute atomic E-state index is 14.7. The molecule has 26 heteroatoms. The molecule has 25 nitrogen and oxygen atoms in total. The maximum Gasteiger partial charge on any atom is 0.245 e. The molecule has 0 radical (unpaired) electrons. The smallest absolute Gasteiger partial charge is 0.245 e. The van der Waals surface area contributed by atoms with Crippen LogP contribution in [0.2, 0.25) is 5.02 Å². The molecule has 3 aromatic rings. The number of aliphatic hydroxyl groups is 1. The highest BCUT2D eigenvalue weighted by molar-refractivity contribution is 6.31. The summed E-state index contributed by atoms with van der Waals surface area (Å²) in [5.41, 5.74) is 30.3. The van der Waals surface area contributed by atoms with Gasteiger partial charge in [-0.05, 0) is 68.2 Å². The zero-order valence-electron chi connectivity index (χ0n) is 42.4. The molecule has 0 saturated carbocycles. The van der Waals surface area contributed by atoms with Crippen molar-refractivity contribution in [3.05, 3.63) is 83.2 Å². The van der Waals surface area contributed by atoms with Crippen LogP contribution in [0.15, 0.2) is 77.0 Å². The SMILES string of the molecule is C=C(N)[C@@H]1CCCNC(=O)CC[C@H](NC(=O)[C@H](CCCN=C(N)N)NC(C)=O)C(=O)N2C[C@H](O)C[C@H]2C(=O)N[C@H](Cc2ccccc2Cl)C(=O)N[C@@H](CCCN=C(N)N)C(=O)N[C@@H](Cc2c[nH]c3ccccc23)C(=O)N1. The van der Waals surface area contributed by atoms with Gasteiger partial charge in [-0.2, -0.15) is 0 Å². The molecule has 0 bridgehead atoms. The van der Waals surface area contributed by atoms with E-state index in [0.29, 0.717) is 11.1 Å². The first-order valence-electron chi connectivity index (χ1n) is 25.1. The molecular formula is C50H71ClN16O9. The number of fused-ring (bicyclic) bond motifs is 2. The molecular weight excluding hydrogens is 1000 g/mol. The van der Waals surface area contributed by atoms with Crippen LogP contribution in [0.3, 0.4) is 0 Å². The molecule has 2 aromatic carbocycles. The monoisotopic (exact) mass is 1070 g/mol. The molecule has 3 heterocycles. The fraction of sp³-hybridized carbons (Fsp3) is 0.480. The Bertz CT molecular complexity index is 2640. The largest absolute Gasteiger partial charge is 0.401 e. The van der Waals surface area contributed by atoms with Crippen molar-refractivity contribution in [2.45, 2.75) is 126 Å². The summed E-state index contributed by atoms with van der Waals surface area (Å²) in [6, 6.07) is 4.95. The van der Waals surface area contributed by atoms with Gasteiger partial charge in [-0.3, -0.25) is 48.3 Å². The Balaban J connectivity index is 1.54. The minimum atomic E-state index is -1.48. The standard InChI is InChI=1S/C50H71ClN16O9/c1-27(52)34-14-7-19-57-42(70)18-17-38(64-43(71)36(61-28(2)68)15-8-20-58-49(53)54)48(76)67-26-31(69)24-41(67)47(75)66-39(22-29-10-3-5-12-33(29)51)46(74)63-37(16-9-21-59-50(55)56)44(72)65-40(45(73)62-34)23-30-25-60-35-13-6-4-11-32(30)35/h3-6,10-13,25,31,34,36-41,60,69H,1,7-9,14-24,26,52H2,2H3,(H,57,70)(H,61,68)(H,62,73)(H,63,74)(H,64,71)(H,65,72)(H,66,75)(H4,53,54,58)(H4,55,56,59)/t31-,34+,36+,37+,38+,39-,40+,41+/m1/s1. The number of aliphatic hydroxyl groups excluding tert-OH is 1. The van der Waals surface area contributed by atoms with Gasteiger partial charge in [0.05, 0.1) is 12.1 Å². The van der Waals surface area contributed by atoms with Gasteiger partial charge in [0, 0.05) is 86.6 Å². The molecule has 0 aliphatic carbocycles. The van der Waals surface area contributed by atoms with Gasteiger partial charge in [0.1, 0.15) is 36.3 Å². The van der Waals surface area contributed by atoms with Crippen LogP contribution in [-0.2, 0) is 51.2 Å². The highest BCUT2D eigenvalue weighted by atomic mass is 35.5. The van der Waals surface area contributed by atoms with Gasteiger partial charge in [-0.25, -0.2) is 0 Å². The Hall–Kier alpha value is -7.93. The van der Waals surface area contributed by atoms with E-state index in [1.54, 1.807) is 30.5 Å². The first-order valence-corrected chi connectivity index (χ1v) is 25.5. The highest BCUT2D eigenvalue weighted by Crippen LogP contribution is 2.24. The molecule has 0 spiro atoms. The first kappa shape index (κ1) is 59.0. The zero-order valence-corrected chi connectivity index (χ0v) is 43.2. The fourth-order valence-corrected chi connectivity index (χ4v) is 9.19. The van der Waals surface area contributed by atoms with Crippen molar-refractivity contribution >= 4 is 81.7 Å². The predicted molar refractivity (Wildman–Crippen MR) is 285 cm³/mol. The van der Waals surface area contributed by atoms with E-state index in [-0.39, 0.29) is 119 Å². The lowest BCUT2D eigenvalue weighted by Gasteiger charge is -2.31. The summed E-state index contributed by atoms with van der Waals surface area (Å²) in [6.07, 6.45) is 0.221. The minimum absolute atomic E-state index is 0.0154. The lowest BCUT2D eigenvalue weighted by molar-refractivity contribution is -0.143. The summed E-state index contributed by atoms with van der Waals surface area (Å²) in [4.78, 5) is 125. The molecule has 2 aliphatic heterocycles. The lowest BCUT2D eigenvalue weighted by atomic mass is 10.0. The molecule has 19 N–H and O–H groups in total. The number of nitrogens with zero attached hydrogens (tertiary/aromatic N) is 3. The number of amides is 8. The maximum atomic E-state index is 14.7. The van der Waals surface area contributed by atoms with E-state index in [4.69, 9.17) is 40.3 Å². The van der Waals surface area contributed by atoms with Gasteiger partial charge in [0.25, 0.3) is 0 Å². The van der Waals surface area contributed by atoms with E-state index in [9.17, 15) is 43.5 Å². The number of nitrogens with one attached hydrogen (secondary N) is 8. The Kier molecular flexibility index (Phi) is 22.2. The third-order valence-corrected chi connectivity index (χ3v) is 13.2. The number of nitrogens with two attached hydrogens (primary N) is 5. The Labute approximate surface area is 444 Å². The van der Waals surface area contributed by atoms with E-state index in [2.05, 4.69) is 58.8 Å². The summed E-state index contributed by atoms with van der Waals surface area (Å²) in [7, 11) is 0. The van der Waals surface area contributed by atoms with E-state index in [1.165, 1.54) is 6.92 Å². The summed E-state index contributed by atoms with van der Waals surface area (Å²) in [5, 5.41) is 31.3. The summed E-state index contributed by atoms with van der Waals surface area (Å²) in [6.45, 7) is 4.97. The van der Waals surface area contributed by atoms with Crippen molar-refractivity contribution < 1.29 is 43.5 Å². The first-order chi connectivity index (χ1) is 36.2. The van der Waals surface area contributed by atoms with Crippen LogP contribution in [0.5, 0.6) is 0 Å². The number of carbonyl (C=O) groups is 8. The van der Waals surface area contributed by atoms with Crippen molar-refractivity contribution in [3.63, 3.8) is 0 Å². The van der Waals surface area contributed by atoms with Crippen LogP contribution in [0.4, 0.5) is 0 Å². The van der Waals surface area contributed by atoms with Crippen molar-refractivity contribution in [2.75, 3.05) is 26.2 Å². The van der Waals surface area contributed by atoms with Gasteiger partial charge in [-0.1, -0.05) is 54.6 Å². The van der Waals surface area contributed by atoms with E-state index >= 15 is 0 Å². The van der Waals surface area contributed by atoms with E-state index in [0.717, 1.165) is 15.8 Å². The van der Waals surface area contributed by atoms with E-state index in [1.807, 2.05) is 24.3 Å². The second kappa shape index (κ2) is 28.7. The second-order valence-corrected chi connectivity index (χ2v) is 19.2. The van der Waals surface area contributed by atoms with Crippen LogP contribution in [0.25, 0.3) is 10.9 Å². The molecule has 2 saturated heterocycles. The average molecular weight is 1080 g/mol. The second-order valence-electron chi connectivity index (χ2n) is 18.8. The predicted octanol–water partition coefficient (Wildman–Crippen LogP) is -2.23. The number of H-pyrrole nitrogens is 1. The number of hydrogen-bond acceptors (Lipinski definition) is 12. The molecule has 8 atom stereocenters. The van der Waals surface area contributed by atoms with E-state index < -0.39 is 95.7 Å². The molecule has 5 rings (SSSR count). The number of aromatic nitrogens is 1.